The highest BCUT2D eigenvalue weighted by atomic mass is 16.5. The van der Waals surface area contributed by atoms with Crippen molar-refractivity contribution < 1.29 is 9.53 Å². The zero-order valence-corrected chi connectivity index (χ0v) is 14.3. The molecule has 0 bridgehead atoms. The molecular formula is C18H28N2O2. The first-order valence-electron chi connectivity index (χ1n) is 8.13. The van der Waals surface area contributed by atoms with Gasteiger partial charge in [0.1, 0.15) is 5.75 Å². The number of benzene rings is 1. The number of fused-ring (bicyclic) bond motifs is 1. The molecule has 0 aliphatic carbocycles. The fourth-order valence-electron chi connectivity index (χ4n) is 3.08. The summed E-state index contributed by atoms with van der Waals surface area (Å²) < 4.78 is 5.87. The van der Waals surface area contributed by atoms with Crippen LogP contribution in [0.2, 0.25) is 0 Å². The second-order valence-corrected chi connectivity index (χ2v) is 6.78. The van der Waals surface area contributed by atoms with Crippen molar-refractivity contribution in [1.82, 2.24) is 5.32 Å². The first kappa shape index (κ1) is 16.8. The lowest BCUT2D eigenvalue weighted by Gasteiger charge is -2.30. The van der Waals surface area contributed by atoms with E-state index in [0.717, 1.165) is 28.9 Å². The molecule has 0 spiro atoms. The Morgan fingerprint density at radius 3 is 2.64 bits per heavy atom. The van der Waals surface area contributed by atoms with Crippen LogP contribution < -0.4 is 15.8 Å². The second kappa shape index (κ2) is 6.69. The van der Waals surface area contributed by atoms with Gasteiger partial charge in [-0.15, -0.1) is 0 Å². The molecule has 22 heavy (non-hydrogen) atoms. The van der Waals surface area contributed by atoms with Gasteiger partial charge in [0.2, 0.25) is 5.91 Å². The molecule has 2 rings (SSSR count). The summed E-state index contributed by atoms with van der Waals surface area (Å²) in [6.07, 6.45) is 1.36. The molecule has 4 nitrogen and oxygen atoms in total. The van der Waals surface area contributed by atoms with Gasteiger partial charge in [0, 0.05) is 24.4 Å². The standard InChI is InChI=1S/C18H28N2O2/c1-10(2)8-17(21)20-16-6-7-22-18-12(4)11(3)14(13(5)19)9-15(16)18/h9-10,13,16H,6-8,19H2,1-5H3,(H,20,21). The Balaban J connectivity index is 2.35. The molecule has 3 N–H and O–H groups in total. The fourth-order valence-corrected chi connectivity index (χ4v) is 3.08. The highest BCUT2D eigenvalue weighted by Crippen LogP contribution is 2.39. The average Bonchev–Trinajstić information content (AvgIpc) is 2.42. The van der Waals surface area contributed by atoms with E-state index >= 15 is 0 Å². The minimum absolute atomic E-state index is 0.0202. The highest BCUT2D eigenvalue weighted by molar-refractivity contribution is 5.77. The third kappa shape index (κ3) is 3.43. The Morgan fingerprint density at radius 1 is 1.36 bits per heavy atom. The number of nitrogens with two attached hydrogens (primary N) is 1. The van der Waals surface area contributed by atoms with E-state index in [1.54, 1.807) is 0 Å². The third-order valence-electron chi connectivity index (χ3n) is 4.36. The number of nitrogens with one attached hydrogen (secondary N) is 1. The fraction of sp³-hybridized carbons (Fsp3) is 0.611. The van der Waals surface area contributed by atoms with Crippen LogP contribution in [0.5, 0.6) is 5.75 Å². The normalized spacial score (nSPS) is 18.6. The van der Waals surface area contributed by atoms with E-state index in [9.17, 15) is 4.79 Å². The van der Waals surface area contributed by atoms with Crippen LogP contribution in [0.15, 0.2) is 6.07 Å². The van der Waals surface area contributed by atoms with Crippen LogP contribution in [0.1, 0.15) is 68.0 Å². The zero-order valence-electron chi connectivity index (χ0n) is 14.3. The molecule has 0 aromatic heterocycles. The summed E-state index contributed by atoms with van der Waals surface area (Å²) >= 11 is 0. The number of carbonyl (C=O) groups excluding carboxylic acids is 1. The van der Waals surface area contributed by atoms with Crippen molar-refractivity contribution in [1.29, 1.82) is 0 Å². The summed E-state index contributed by atoms with van der Waals surface area (Å²) in [5.41, 5.74) is 10.6. The van der Waals surface area contributed by atoms with Gasteiger partial charge in [-0.2, -0.15) is 0 Å². The smallest absolute Gasteiger partial charge is 0.220 e. The van der Waals surface area contributed by atoms with Gasteiger partial charge in [-0.25, -0.2) is 0 Å². The molecule has 122 valence electrons. The topological polar surface area (TPSA) is 64.3 Å². The van der Waals surface area contributed by atoms with Crippen molar-refractivity contribution in [3.8, 4) is 5.75 Å². The van der Waals surface area contributed by atoms with Crippen molar-refractivity contribution in [2.24, 2.45) is 11.7 Å². The number of hydrogen-bond acceptors (Lipinski definition) is 3. The Kier molecular flexibility index (Phi) is 5.12. The summed E-state index contributed by atoms with van der Waals surface area (Å²) in [4.78, 5) is 12.1. The lowest BCUT2D eigenvalue weighted by Crippen LogP contribution is -2.33. The molecule has 4 heteroatoms. The summed E-state index contributed by atoms with van der Waals surface area (Å²) in [6.45, 7) is 10.9. The van der Waals surface area contributed by atoms with Gasteiger partial charge in [0.05, 0.1) is 12.6 Å². The largest absolute Gasteiger partial charge is 0.493 e. The van der Waals surface area contributed by atoms with Crippen LogP contribution in [0.3, 0.4) is 0 Å². The van der Waals surface area contributed by atoms with E-state index in [0.29, 0.717) is 18.9 Å². The Hall–Kier alpha value is -1.55. The summed E-state index contributed by atoms with van der Waals surface area (Å²) in [5.74, 6) is 1.38. The average molecular weight is 304 g/mol. The molecule has 1 aliphatic heterocycles. The van der Waals surface area contributed by atoms with E-state index in [2.05, 4.69) is 39.1 Å². The maximum atomic E-state index is 12.1. The maximum Gasteiger partial charge on any atom is 0.220 e. The lowest BCUT2D eigenvalue weighted by atomic mass is 9.89. The van der Waals surface area contributed by atoms with E-state index in [1.807, 2.05) is 6.92 Å². The number of amides is 1. The minimum Gasteiger partial charge on any atom is -0.493 e. The minimum atomic E-state index is -0.0297. The first-order valence-corrected chi connectivity index (χ1v) is 8.13. The summed E-state index contributed by atoms with van der Waals surface area (Å²) in [6, 6.07) is 2.10. The number of ether oxygens (including phenoxy) is 1. The summed E-state index contributed by atoms with van der Waals surface area (Å²) in [7, 11) is 0. The van der Waals surface area contributed by atoms with E-state index in [1.165, 1.54) is 5.56 Å². The van der Waals surface area contributed by atoms with Gasteiger partial charge < -0.3 is 15.8 Å². The molecule has 2 unspecified atom stereocenters. The molecule has 0 fully saturated rings. The van der Waals surface area contributed by atoms with Gasteiger partial charge in [0.25, 0.3) is 0 Å². The molecule has 1 aromatic rings. The van der Waals surface area contributed by atoms with Crippen LogP contribution in [-0.2, 0) is 4.79 Å². The quantitative estimate of drug-likeness (QED) is 0.897. The molecule has 1 heterocycles. The van der Waals surface area contributed by atoms with Gasteiger partial charge in [-0.3, -0.25) is 4.79 Å². The van der Waals surface area contributed by atoms with Gasteiger partial charge >= 0.3 is 0 Å². The van der Waals surface area contributed by atoms with E-state index in [4.69, 9.17) is 10.5 Å². The monoisotopic (exact) mass is 304 g/mol. The van der Waals surface area contributed by atoms with Crippen molar-refractivity contribution in [2.75, 3.05) is 6.61 Å². The second-order valence-electron chi connectivity index (χ2n) is 6.78. The van der Waals surface area contributed by atoms with Crippen LogP contribution in [0.25, 0.3) is 0 Å². The molecule has 0 saturated carbocycles. The third-order valence-corrected chi connectivity index (χ3v) is 4.36. The van der Waals surface area contributed by atoms with Gasteiger partial charge in [-0.05, 0) is 49.4 Å². The predicted octanol–water partition coefficient (Wildman–Crippen LogP) is 3.31. The Morgan fingerprint density at radius 2 is 2.05 bits per heavy atom. The highest BCUT2D eigenvalue weighted by Gasteiger charge is 2.27. The molecular weight excluding hydrogens is 276 g/mol. The molecule has 1 aliphatic rings. The molecule has 0 radical (unpaired) electrons. The zero-order chi connectivity index (χ0) is 16.4. The number of carbonyl (C=O) groups is 1. The van der Waals surface area contributed by atoms with Crippen molar-refractivity contribution in [3.05, 3.63) is 28.3 Å². The molecule has 1 aromatic carbocycles. The first-order chi connectivity index (χ1) is 10.3. The SMILES string of the molecule is Cc1c(C(C)N)cc2c(c1C)OCCC2NC(=O)CC(C)C. The lowest BCUT2D eigenvalue weighted by molar-refractivity contribution is -0.122. The van der Waals surface area contributed by atoms with Gasteiger partial charge in [-0.1, -0.05) is 13.8 Å². The van der Waals surface area contributed by atoms with Gasteiger partial charge in [0.15, 0.2) is 0 Å². The Bertz CT molecular complexity index is 565. The van der Waals surface area contributed by atoms with E-state index < -0.39 is 0 Å². The number of rotatable bonds is 4. The molecule has 1 amide bonds. The van der Waals surface area contributed by atoms with E-state index in [-0.39, 0.29) is 18.0 Å². The van der Waals surface area contributed by atoms with Crippen molar-refractivity contribution in [3.63, 3.8) is 0 Å². The maximum absolute atomic E-state index is 12.1. The van der Waals surface area contributed by atoms with Crippen LogP contribution in [0, 0.1) is 19.8 Å². The molecule has 0 saturated heterocycles. The van der Waals surface area contributed by atoms with Crippen molar-refractivity contribution >= 4 is 5.91 Å². The Labute approximate surface area is 133 Å². The van der Waals surface area contributed by atoms with Crippen LogP contribution >= 0.6 is 0 Å². The van der Waals surface area contributed by atoms with Crippen LogP contribution in [-0.4, -0.2) is 12.5 Å². The van der Waals surface area contributed by atoms with Crippen molar-refractivity contribution in [2.45, 2.75) is 59.5 Å². The summed E-state index contributed by atoms with van der Waals surface area (Å²) in [5, 5.41) is 3.16. The van der Waals surface area contributed by atoms with Crippen LogP contribution in [0.4, 0.5) is 0 Å². The number of hydrogen-bond donors (Lipinski definition) is 2. The predicted molar refractivity (Wildman–Crippen MR) is 89.0 cm³/mol. The molecule has 2 atom stereocenters.